The lowest BCUT2D eigenvalue weighted by molar-refractivity contribution is -0.114. The van der Waals surface area contributed by atoms with Crippen LogP contribution in [0.1, 0.15) is 31.0 Å². The molecule has 0 aliphatic carbocycles. The molecule has 2 aromatic rings. The third kappa shape index (κ3) is 3.84. The van der Waals surface area contributed by atoms with E-state index < -0.39 is 12.1 Å². The number of hydrazine groups is 1. The van der Waals surface area contributed by atoms with Crippen molar-refractivity contribution in [3.8, 4) is 11.5 Å². The second-order valence-corrected chi connectivity index (χ2v) is 6.49. The first-order valence-corrected chi connectivity index (χ1v) is 8.84. The summed E-state index contributed by atoms with van der Waals surface area (Å²) >= 11 is 0. The molecule has 0 saturated heterocycles. The van der Waals surface area contributed by atoms with Gasteiger partial charge in [-0.05, 0) is 37.1 Å². The van der Waals surface area contributed by atoms with E-state index in [0.29, 0.717) is 34.9 Å². The van der Waals surface area contributed by atoms with Gasteiger partial charge in [0, 0.05) is 11.3 Å². The summed E-state index contributed by atoms with van der Waals surface area (Å²) in [6.07, 6.45) is 0. The maximum atomic E-state index is 12.2. The highest BCUT2D eigenvalue weighted by Crippen LogP contribution is 2.35. The van der Waals surface area contributed by atoms with Crippen molar-refractivity contribution in [2.24, 2.45) is 5.84 Å². The Hall–Kier alpha value is -3.32. The number of amides is 2. The zero-order valence-corrected chi connectivity index (χ0v) is 16.1. The minimum atomic E-state index is -0.609. The fourth-order valence-corrected chi connectivity index (χ4v) is 3.18. The van der Waals surface area contributed by atoms with E-state index in [1.165, 1.54) is 6.92 Å². The summed E-state index contributed by atoms with van der Waals surface area (Å²) in [4.78, 5) is 24.3. The predicted molar refractivity (Wildman–Crippen MR) is 104 cm³/mol. The van der Waals surface area contributed by atoms with Gasteiger partial charge < -0.3 is 14.8 Å². The third-order valence-electron chi connectivity index (χ3n) is 4.66. The van der Waals surface area contributed by atoms with E-state index in [4.69, 9.17) is 15.3 Å². The van der Waals surface area contributed by atoms with Gasteiger partial charge in [-0.2, -0.15) is 0 Å². The summed E-state index contributed by atoms with van der Waals surface area (Å²) in [5.41, 5.74) is 2.59. The average molecular weight is 381 g/mol. The zero-order valence-electron chi connectivity index (χ0n) is 16.1. The first kappa shape index (κ1) is 19.4. The molecule has 3 N–H and O–H groups in total. The highest BCUT2D eigenvalue weighted by atomic mass is 16.5. The Morgan fingerprint density at radius 3 is 2.54 bits per heavy atom. The molecule has 7 heteroatoms. The molecule has 1 unspecified atom stereocenters. The number of ketones is 1. The molecular weight excluding hydrogens is 358 g/mol. The van der Waals surface area contributed by atoms with Crippen molar-refractivity contribution in [3.05, 3.63) is 70.9 Å². The van der Waals surface area contributed by atoms with Crippen molar-refractivity contribution in [2.75, 3.05) is 7.11 Å². The van der Waals surface area contributed by atoms with E-state index in [0.717, 1.165) is 10.6 Å². The second kappa shape index (κ2) is 8.14. The van der Waals surface area contributed by atoms with Crippen LogP contribution in [0.15, 0.2) is 59.8 Å². The van der Waals surface area contributed by atoms with Crippen LogP contribution in [0.3, 0.4) is 0 Å². The van der Waals surface area contributed by atoms with Gasteiger partial charge >= 0.3 is 6.03 Å². The Labute approximate surface area is 163 Å². The number of benzene rings is 2. The Morgan fingerprint density at radius 1 is 1.18 bits per heavy atom. The molecule has 0 aromatic heterocycles. The minimum absolute atomic E-state index is 0.165. The normalized spacial score (nSPS) is 16.6. The Kier molecular flexibility index (Phi) is 5.65. The van der Waals surface area contributed by atoms with Crippen LogP contribution in [0.4, 0.5) is 4.79 Å². The van der Waals surface area contributed by atoms with Crippen LogP contribution < -0.4 is 20.6 Å². The topological polar surface area (TPSA) is 93.9 Å². The molecule has 0 saturated carbocycles. The number of urea groups is 1. The van der Waals surface area contributed by atoms with Gasteiger partial charge in [-0.1, -0.05) is 36.4 Å². The van der Waals surface area contributed by atoms with E-state index in [2.05, 4.69) is 5.32 Å². The molecule has 0 spiro atoms. The number of methoxy groups -OCH3 is 1. The van der Waals surface area contributed by atoms with Gasteiger partial charge in [0.15, 0.2) is 17.3 Å². The largest absolute Gasteiger partial charge is 0.493 e. The van der Waals surface area contributed by atoms with Crippen molar-refractivity contribution >= 4 is 11.8 Å². The van der Waals surface area contributed by atoms with Gasteiger partial charge in [-0.3, -0.25) is 4.79 Å². The molecule has 2 amide bonds. The molecule has 3 rings (SSSR count). The van der Waals surface area contributed by atoms with Gasteiger partial charge in [0.2, 0.25) is 0 Å². The number of ether oxygens (including phenoxy) is 2. The van der Waals surface area contributed by atoms with Gasteiger partial charge in [-0.25, -0.2) is 15.6 Å². The molecular formula is C21H23N3O4. The van der Waals surface area contributed by atoms with E-state index >= 15 is 0 Å². The summed E-state index contributed by atoms with van der Waals surface area (Å²) in [6, 6.07) is 14.0. The van der Waals surface area contributed by atoms with Gasteiger partial charge in [0.1, 0.15) is 6.61 Å². The lowest BCUT2D eigenvalue weighted by Crippen LogP contribution is -2.50. The third-order valence-corrected chi connectivity index (χ3v) is 4.66. The standard InChI is InChI=1S/C21H23N3O4/c1-13-19(14(2)25)20(23-21(26)24(13)22)16-9-10-17(18(11-16)27-3)28-12-15-7-5-4-6-8-15/h4-11,20H,12,22H2,1-3H3,(H,23,26). The number of nitrogens with one attached hydrogen (secondary N) is 1. The Bertz CT molecular complexity index is 925. The van der Waals surface area contributed by atoms with Crippen molar-refractivity contribution in [2.45, 2.75) is 26.5 Å². The maximum Gasteiger partial charge on any atom is 0.336 e. The Morgan fingerprint density at radius 2 is 1.89 bits per heavy atom. The SMILES string of the molecule is COc1cc(C2NC(=O)N(N)C(C)=C2C(C)=O)ccc1OCc1ccccc1. The van der Waals surface area contributed by atoms with Crippen LogP contribution in [0.25, 0.3) is 0 Å². The number of rotatable bonds is 6. The van der Waals surface area contributed by atoms with Crippen LogP contribution in [0.5, 0.6) is 11.5 Å². The summed E-state index contributed by atoms with van der Waals surface area (Å²) in [5.74, 6) is 6.65. The number of carbonyl (C=O) groups is 2. The molecule has 2 aromatic carbocycles. The summed E-state index contributed by atoms with van der Waals surface area (Å²) in [6.45, 7) is 3.50. The number of nitrogens with zero attached hydrogens (tertiary/aromatic N) is 1. The molecule has 0 bridgehead atoms. The van der Waals surface area contributed by atoms with Crippen LogP contribution in [0.2, 0.25) is 0 Å². The first-order chi connectivity index (χ1) is 13.4. The van der Waals surface area contributed by atoms with Crippen molar-refractivity contribution in [1.82, 2.24) is 10.3 Å². The van der Waals surface area contributed by atoms with Crippen LogP contribution in [-0.4, -0.2) is 23.9 Å². The molecule has 7 nitrogen and oxygen atoms in total. The molecule has 0 fully saturated rings. The second-order valence-electron chi connectivity index (χ2n) is 6.49. The van der Waals surface area contributed by atoms with Crippen molar-refractivity contribution < 1.29 is 19.1 Å². The molecule has 1 aliphatic heterocycles. The zero-order chi connectivity index (χ0) is 20.3. The predicted octanol–water partition coefficient (Wildman–Crippen LogP) is 3.08. The van der Waals surface area contributed by atoms with Crippen LogP contribution in [-0.2, 0) is 11.4 Å². The van der Waals surface area contributed by atoms with Gasteiger partial charge in [0.25, 0.3) is 0 Å². The number of allylic oxidation sites excluding steroid dienone is 1. The Balaban J connectivity index is 1.90. The van der Waals surface area contributed by atoms with Gasteiger partial charge in [0.05, 0.1) is 13.2 Å². The highest BCUT2D eigenvalue weighted by molar-refractivity contribution is 5.98. The lowest BCUT2D eigenvalue weighted by atomic mass is 9.92. The van der Waals surface area contributed by atoms with Crippen molar-refractivity contribution in [1.29, 1.82) is 0 Å². The fraction of sp³-hybridized carbons (Fsp3) is 0.238. The fourth-order valence-electron chi connectivity index (χ4n) is 3.18. The first-order valence-electron chi connectivity index (χ1n) is 8.84. The summed E-state index contributed by atoms with van der Waals surface area (Å²) in [5, 5.41) is 3.71. The van der Waals surface area contributed by atoms with Crippen molar-refractivity contribution in [3.63, 3.8) is 0 Å². The number of hydrogen-bond acceptors (Lipinski definition) is 5. The minimum Gasteiger partial charge on any atom is -0.493 e. The molecule has 146 valence electrons. The molecule has 1 atom stereocenters. The maximum absolute atomic E-state index is 12.2. The molecule has 1 aliphatic rings. The molecule has 0 radical (unpaired) electrons. The average Bonchev–Trinajstić information content (AvgIpc) is 2.70. The lowest BCUT2D eigenvalue weighted by Gasteiger charge is -2.32. The summed E-state index contributed by atoms with van der Waals surface area (Å²) in [7, 11) is 1.54. The van der Waals surface area contributed by atoms with E-state index in [1.54, 1.807) is 32.2 Å². The quantitative estimate of drug-likeness (QED) is 0.592. The number of nitrogens with two attached hydrogens (primary N) is 1. The monoisotopic (exact) mass is 381 g/mol. The van der Waals surface area contributed by atoms with E-state index in [-0.39, 0.29) is 5.78 Å². The van der Waals surface area contributed by atoms with Crippen LogP contribution in [0, 0.1) is 0 Å². The smallest absolute Gasteiger partial charge is 0.336 e. The van der Waals surface area contributed by atoms with E-state index in [1.807, 2.05) is 30.3 Å². The van der Waals surface area contributed by atoms with Gasteiger partial charge in [-0.15, -0.1) is 0 Å². The summed E-state index contributed by atoms with van der Waals surface area (Å²) < 4.78 is 11.3. The number of Topliss-reactive ketones (excluding diaryl/α,β-unsaturated/α-hetero) is 1. The highest BCUT2D eigenvalue weighted by Gasteiger charge is 2.33. The molecule has 1 heterocycles. The molecule has 28 heavy (non-hydrogen) atoms. The van der Waals surface area contributed by atoms with Crippen LogP contribution >= 0.6 is 0 Å². The number of carbonyl (C=O) groups excluding carboxylic acids is 2. The van der Waals surface area contributed by atoms with E-state index in [9.17, 15) is 9.59 Å². The number of hydrogen-bond donors (Lipinski definition) is 2.